The van der Waals surface area contributed by atoms with Crippen molar-refractivity contribution in [3.05, 3.63) is 126 Å². The molecule has 2 saturated heterocycles. The molecule has 4 aromatic carbocycles. The van der Waals surface area contributed by atoms with Crippen LogP contribution in [0.1, 0.15) is 49.0 Å². The van der Waals surface area contributed by atoms with Crippen LogP contribution in [-0.2, 0) is 28.7 Å². The highest BCUT2D eigenvalue weighted by molar-refractivity contribution is 5.99. The number of aromatic nitrogens is 2. The first kappa shape index (κ1) is 37.2. The van der Waals surface area contributed by atoms with Gasteiger partial charge in [0, 0.05) is 44.2 Å². The normalized spacial score (nSPS) is 17.8. The summed E-state index contributed by atoms with van der Waals surface area (Å²) < 4.78 is 11.1. The van der Waals surface area contributed by atoms with Crippen molar-refractivity contribution in [1.29, 1.82) is 0 Å². The van der Waals surface area contributed by atoms with E-state index in [9.17, 15) is 19.2 Å². The maximum atomic E-state index is 13.4. The number of H-pyrrole nitrogens is 1. The van der Waals surface area contributed by atoms with Gasteiger partial charge in [-0.1, -0.05) is 84.9 Å². The third-order valence-electron chi connectivity index (χ3n) is 10.3. The Hall–Kier alpha value is -6.11. The van der Waals surface area contributed by atoms with Gasteiger partial charge in [-0.15, -0.1) is 0 Å². The van der Waals surface area contributed by atoms with Crippen LogP contribution in [0.3, 0.4) is 0 Å². The number of rotatable bonds is 12. The van der Waals surface area contributed by atoms with E-state index in [0.717, 1.165) is 46.5 Å². The van der Waals surface area contributed by atoms with Crippen LogP contribution >= 0.6 is 0 Å². The number of benzene rings is 4. The fourth-order valence-corrected chi connectivity index (χ4v) is 7.45. The van der Waals surface area contributed by atoms with Gasteiger partial charge in [0.05, 0.1) is 11.4 Å². The minimum Gasteiger partial charge on any atom is -0.367 e. The van der Waals surface area contributed by atoms with Gasteiger partial charge in [0.25, 0.3) is 11.8 Å². The molecular weight excluding hydrogens is 697 g/mol. The second kappa shape index (κ2) is 16.9. The molecule has 5 aromatic rings. The number of hydrogen-bond donors (Lipinski definition) is 3. The van der Waals surface area contributed by atoms with E-state index in [2.05, 4.69) is 20.8 Å². The van der Waals surface area contributed by atoms with Crippen molar-refractivity contribution in [2.24, 2.45) is 0 Å². The van der Waals surface area contributed by atoms with E-state index in [1.54, 1.807) is 9.80 Å². The fourth-order valence-electron chi connectivity index (χ4n) is 7.45. The van der Waals surface area contributed by atoms with Gasteiger partial charge in [0.1, 0.15) is 12.1 Å². The Morgan fingerprint density at radius 1 is 0.636 bits per heavy atom. The van der Waals surface area contributed by atoms with E-state index in [4.69, 9.17) is 9.47 Å². The summed E-state index contributed by atoms with van der Waals surface area (Å²) in [6.07, 6.45) is 1.09. The zero-order valence-corrected chi connectivity index (χ0v) is 30.8. The number of carbonyl (C=O) groups is 4. The molecule has 4 amide bonds. The van der Waals surface area contributed by atoms with Crippen molar-refractivity contribution < 1.29 is 28.7 Å². The van der Waals surface area contributed by atoms with Crippen LogP contribution in [0.2, 0.25) is 0 Å². The summed E-state index contributed by atoms with van der Waals surface area (Å²) in [6.45, 7) is 0.989. The van der Waals surface area contributed by atoms with Crippen LogP contribution in [0, 0.1) is 0 Å². The van der Waals surface area contributed by atoms with E-state index in [-0.39, 0.29) is 23.6 Å². The van der Waals surface area contributed by atoms with Crippen LogP contribution in [0.25, 0.3) is 22.5 Å². The molecule has 7 rings (SSSR count). The highest BCUT2D eigenvalue weighted by Crippen LogP contribution is 2.30. The van der Waals surface area contributed by atoms with Crippen LogP contribution in [0.15, 0.2) is 115 Å². The molecule has 0 aliphatic carbocycles. The van der Waals surface area contributed by atoms with Crippen LogP contribution in [-0.4, -0.2) is 83.0 Å². The van der Waals surface area contributed by atoms with E-state index < -0.39 is 24.3 Å². The molecule has 55 heavy (non-hydrogen) atoms. The molecule has 0 radical (unpaired) electrons. The Bertz CT molecular complexity index is 1960. The van der Waals surface area contributed by atoms with Crippen molar-refractivity contribution in [2.75, 3.05) is 37.9 Å². The lowest BCUT2D eigenvalue weighted by molar-refractivity contribution is -0.146. The summed E-state index contributed by atoms with van der Waals surface area (Å²) in [7, 11) is 3.01. The number of likely N-dealkylation sites (tertiary alicyclic amines) is 2. The highest BCUT2D eigenvalue weighted by atomic mass is 16.5. The summed E-state index contributed by atoms with van der Waals surface area (Å²) in [5.41, 5.74) is 5.99. The lowest BCUT2D eigenvalue weighted by atomic mass is 10.1. The van der Waals surface area contributed by atoms with E-state index >= 15 is 0 Å². The first-order valence-corrected chi connectivity index (χ1v) is 18.5. The Morgan fingerprint density at radius 2 is 1.07 bits per heavy atom. The second-order valence-corrected chi connectivity index (χ2v) is 13.7. The number of methoxy groups -OCH3 is 2. The molecule has 3 N–H and O–H groups in total. The molecule has 4 atom stereocenters. The monoisotopic (exact) mass is 740 g/mol. The third-order valence-corrected chi connectivity index (χ3v) is 10.3. The Kier molecular flexibility index (Phi) is 11.4. The third kappa shape index (κ3) is 8.20. The minimum atomic E-state index is -0.770. The molecular formula is C43H44N6O6. The SMILES string of the molecule is CO[C@H](C(=O)N1CCCC1C(=O)Nc1ccc(-c2cc(-c3ccc(NC(=O)[C@@H]4CCCN4C(=O)[C@@H](OC)c4ccccc4)cc3)n[nH]2)cc1)c1ccccc1. The zero-order valence-electron chi connectivity index (χ0n) is 30.8. The molecule has 2 fully saturated rings. The number of ether oxygens (including phenoxy) is 2. The number of amides is 4. The van der Waals surface area contributed by atoms with Crippen LogP contribution in [0.4, 0.5) is 11.4 Å². The molecule has 12 heteroatoms. The lowest BCUT2D eigenvalue weighted by Crippen LogP contribution is -2.45. The van der Waals surface area contributed by atoms with Crippen LogP contribution < -0.4 is 10.6 Å². The van der Waals surface area contributed by atoms with E-state index in [0.29, 0.717) is 37.3 Å². The van der Waals surface area contributed by atoms with Gasteiger partial charge in [-0.2, -0.15) is 5.10 Å². The molecule has 2 aliphatic heterocycles. The fraction of sp³-hybridized carbons (Fsp3) is 0.279. The van der Waals surface area contributed by atoms with Crippen molar-refractivity contribution >= 4 is 35.0 Å². The summed E-state index contributed by atoms with van der Waals surface area (Å²) in [6, 6.07) is 34.2. The molecule has 2 aliphatic rings. The summed E-state index contributed by atoms with van der Waals surface area (Å²) in [4.78, 5) is 56.8. The Morgan fingerprint density at radius 3 is 1.51 bits per heavy atom. The van der Waals surface area contributed by atoms with Gasteiger partial charge in [-0.05, 0) is 72.7 Å². The number of nitrogens with zero attached hydrogens (tertiary/aromatic N) is 3. The van der Waals surface area contributed by atoms with Gasteiger partial charge < -0.3 is 29.9 Å². The minimum absolute atomic E-state index is 0.222. The standard InChI is InChI=1S/C43H44N6O6/c1-54-38(30-11-5-3-6-12-30)42(52)48-25-9-15-36(48)40(50)44-32-21-17-28(18-22-32)34-27-35(47-46-34)29-19-23-33(24-20-29)45-41(51)37-16-10-26-49(37)43(53)39(55-2)31-13-7-4-8-14-31/h3-8,11-14,17-24,27,36-39H,9-10,15-16,25-26H2,1-2H3,(H,44,50)(H,45,51)(H,46,47)/t36-,37?,38-,39-/m0/s1. The van der Waals surface area contributed by atoms with Gasteiger partial charge in [-0.3, -0.25) is 24.3 Å². The topological polar surface area (TPSA) is 146 Å². The number of hydrogen-bond acceptors (Lipinski definition) is 7. The second-order valence-electron chi connectivity index (χ2n) is 13.7. The number of nitrogens with one attached hydrogen (secondary N) is 3. The van der Waals surface area contributed by atoms with Gasteiger partial charge >= 0.3 is 0 Å². The molecule has 0 bridgehead atoms. The average Bonchev–Trinajstić information content (AvgIpc) is 4.02. The average molecular weight is 741 g/mol. The largest absolute Gasteiger partial charge is 0.367 e. The molecule has 282 valence electrons. The summed E-state index contributed by atoms with van der Waals surface area (Å²) in [5.74, 6) is -0.915. The van der Waals surface area contributed by atoms with Crippen molar-refractivity contribution in [1.82, 2.24) is 20.0 Å². The molecule has 0 spiro atoms. The Balaban J connectivity index is 0.944. The molecule has 3 heterocycles. The van der Waals surface area contributed by atoms with Crippen molar-refractivity contribution in [3.63, 3.8) is 0 Å². The quantitative estimate of drug-likeness (QED) is 0.135. The first-order valence-electron chi connectivity index (χ1n) is 18.5. The number of aromatic amines is 1. The molecule has 12 nitrogen and oxygen atoms in total. The predicted molar refractivity (Wildman–Crippen MR) is 209 cm³/mol. The lowest BCUT2D eigenvalue weighted by Gasteiger charge is -2.27. The van der Waals surface area contributed by atoms with Crippen molar-refractivity contribution in [3.8, 4) is 22.5 Å². The van der Waals surface area contributed by atoms with Crippen LogP contribution in [0.5, 0.6) is 0 Å². The summed E-state index contributed by atoms with van der Waals surface area (Å²) >= 11 is 0. The Labute approximate surface area is 319 Å². The smallest absolute Gasteiger partial charge is 0.257 e. The summed E-state index contributed by atoms with van der Waals surface area (Å²) in [5, 5.41) is 13.5. The van der Waals surface area contributed by atoms with Gasteiger partial charge in [-0.25, -0.2) is 0 Å². The predicted octanol–water partition coefficient (Wildman–Crippen LogP) is 6.38. The number of anilines is 2. The maximum absolute atomic E-state index is 13.4. The molecule has 0 saturated carbocycles. The zero-order chi connectivity index (χ0) is 38.3. The highest BCUT2D eigenvalue weighted by Gasteiger charge is 2.39. The van der Waals surface area contributed by atoms with Gasteiger partial charge in [0.2, 0.25) is 11.8 Å². The van der Waals surface area contributed by atoms with Crippen molar-refractivity contribution in [2.45, 2.75) is 50.0 Å². The molecule has 1 unspecified atom stereocenters. The maximum Gasteiger partial charge on any atom is 0.257 e. The van der Waals surface area contributed by atoms with Gasteiger partial charge in [0.15, 0.2) is 12.2 Å². The van der Waals surface area contributed by atoms with E-state index in [1.807, 2.05) is 115 Å². The molecule has 1 aromatic heterocycles. The first-order chi connectivity index (χ1) is 26.8. The number of carbonyl (C=O) groups excluding carboxylic acids is 4. The van der Waals surface area contributed by atoms with E-state index in [1.165, 1.54) is 14.2 Å².